The second-order valence-electron chi connectivity index (χ2n) is 5.90. The lowest BCUT2D eigenvalue weighted by Gasteiger charge is -2.28. The quantitative estimate of drug-likeness (QED) is 0.859. The van der Waals surface area contributed by atoms with Gasteiger partial charge in [-0.15, -0.1) is 0 Å². The molecule has 1 aliphatic rings. The predicted molar refractivity (Wildman–Crippen MR) is 78.5 cm³/mol. The van der Waals surface area contributed by atoms with E-state index in [9.17, 15) is 5.26 Å². The maximum atomic E-state index is 9.24. The normalized spacial score (nSPS) is 18.1. The number of pyridine rings is 1. The molecule has 1 aromatic rings. The van der Waals surface area contributed by atoms with Gasteiger partial charge >= 0.3 is 0 Å². The summed E-state index contributed by atoms with van der Waals surface area (Å²) in [5, 5.41) is 9.24. The first-order valence-electron chi connectivity index (χ1n) is 7.34. The Morgan fingerprint density at radius 1 is 1.30 bits per heavy atom. The predicted octanol–water partition coefficient (Wildman–Crippen LogP) is 3.00. The fourth-order valence-corrected chi connectivity index (χ4v) is 2.84. The molecule has 4 heteroatoms. The molecule has 0 spiro atoms. The zero-order valence-corrected chi connectivity index (χ0v) is 12.4. The highest BCUT2D eigenvalue weighted by Gasteiger charge is 2.27. The van der Waals surface area contributed by atoms with E-state index in [1.54, 1.807) is 0 Å². The number of nitrogens with two attached hydrogens (primary N) is 1. The molecule has 2 rings (SSSR count). The van der Waals surface area contributed by atoms with Crippen LogP contribution in [0.25, 0.3) is 0 Å². The number of hydrogen-bond acceptors (Lipinski definition) is 4. The number of nitriles is 1. The summed E-state index contributed by atoms with van der Waals surface area (Å²) in [6, 6.07) is 4.00. The van der Waals surface area contributed by atoms with Gasteiger partial charge in [0.1, 0.15) is 24.0 Å². The van der Waals surface area contributed by atoms with Crippen molar-refractivity contribution in [3.05, 3.63) is 23.0 Å². The molecule has 20 heavy (non-hydrogen) atoms. The Balaban J connectivity index is 2.12. The van der Waals surface area contributed by atoms with Gasteiger partial charge in [-0.1, -0.05) is 25.7 Å². The van der Waals surface area contributed by atoms with Crippen molar-refractivity contribution in [1.82, 2.24) is 4.98 Å². The second-order valence-corrected chi connectivity index (χ2v) is 5.90. The number of ether oxygens (including phenoxy) is 1. The van der Waals surface area contributed by atoms with Crippen LogP contribution in [0.15, 0.2) is 6.07 Å². The lowest BCUT2D eigenvalue weighted by atomic mass is 9.92. The van der Waals surface area contributed by atoms with Gasteiger partial charge in [-0.3, -0.25) is 4.98 Å². The third kappa shape index (κ3) is 3.49. The Morgan fingerprint density at radius 2 is 1.95 bits per heavy atom. The smallest absolute Gasteiger partial charge is 0.140 e. The molecule has 1 aliphatic carbocycles. The summed E-state index contributed by atoms with van der Waals surface area (Å²) in [5.41, 5.74) is 8.30. The van der Waals surface area contributed by atoms with Crippen molar-refractivity contribution in [1.29, 1.82) is 5.26 Å². The van der Waals surface area contributed by atoms with E-state index < -0.39 is 0 Å². The van der Waals surface area contributed by atoms with Crippen LogP contribution in [0, 0.1) is 25.2 Å². The summed E-state index contributed by atoms with van der Waals surface area (Å²) in [6.07, 6.45) is 6.85. The van der Waals surface area contributed by atoms with Crippen molar-refractivity contribution < 1.29 is 4.74 Å². The molecule has 0 atom stereocenters. The Morgan fingerprint density at radius 3 is 2.55 bits per heavy atom. The van der Waals surface area contributed by atoms with E-state index in [0.717, 1.165) is 24.2 Å². The SMILES string of the molecule is Cc1cc(OCC2(N)CCCCCC2)c(C#N)c(C)n1. The van der Waals surface area contributed by atoms with Crippen LogP contribution >= 0.6 is 0 Å². The first-order chi connectivity index (χ1) is 9.54. The molecule has 1 saturated carbocycles. The molecule has 0 radical (unpaired) electrons. The number of rotatable bonds is 3. The fraction of sp³-hybridized carbons (Fsp3) is 0.625. The zero-order chi connectivity index (χ0) is 14.6. The van der Waals surface area contributed by atoms with Crippen LogP contribution in [0.3, 0.4) is 0 Å². The van der Waals surface area contributed by atoms with Gasteiger partial charge in [0.25, 0.3) is 0 Å². The van der Waals surface area contributed by atoms with Gasteiger partial charge in [-0.05, 0) is 26.7 Å². The van der Waals surface area contributed by atoms with Crippen LogP contribution in [0.5, 0.6) is 5.75 Å². The molecule has 0 saturated heterocycles. The van der Waals surface area contributed by atoms with Crippen molar-refractivity contribution in [2.24, 2.45) is 5.73 Å². The summed E-state index contributed by atoms with van der Waals surface area (Å²) in [5.74, 6) is 0.617. The summed E-state index contributed by atoms with van der Waals surface area (Å²) in [7, 11) is 0. The van der Waals surface area contributed by atoms with Crippen LogP contribution in [0.2, 0.25) is 0 Å². The molecule has 0 aromatic carbocycles. The van der Waals surface area contributed by atoms with Crippen molar-refractivity contribution in [2.45, 2.75) is 57.9 Å². The molecule has 0 bridgehead atoms. The van der Waals surface area contributed by atoms with Crippen molar-refractivity contribution in [3.8, 4) is 11.8 Å². The maximum absolute atomic E-state index is 9.24. The number of aromatic nitrogens is 1. The fourth-order valence-electron chi connectivity index (χ4n) is 2.84. The zero-order valence-electron chi connectivity index (χ0n) is 12.4. The molecule has 108 valence electrons. The van der Waals surface area contributed by atoms with Crippen LogP contribution < -0.4 is 10.5 Å². The average molecular weight is 273 g/mol. The lowest BCUT2D eigenvalue weighted by molar-refractivity contribution is 0.199. The van der Waals surface area contributed by atoms with Gasteiger partial charge in [0.2, 0.25) is 0 Å². The lowest BCUT2D eigenvalue weighted by Crippen LogP contribution is -2.45. The molecule has 2 N–H and O–H groups in total. The van der Waals surface area contributed by atoms with E-state index in [2.05, 4.69) is 11.1 Å². The van der Waals surface area contributed by atoms with E-state index in [1.165, 1.54) is 25.7 Å². The largest absolute Gasteiger partial charge is 0.490 e. The molecule has 0 unspecified atom stereocenters. The molecule has 4 nitrogen and oxygen atoms in total. The molecule has 0 amide bonds. The minimum absolute atomic E-state index is 0.256. The molecule has 1 heterocycles. The molecule has 1 aromatic heterocycles. The highest BCUT2D eigenvalue weighted by atomic mass is 16.5. The van der Waals surface area contributed by atoms with Crippen LogP contribution in [-0.4, -0.2) is 17.1 Å². The monoisotopic (exact) mass is 273 g/mol. The Bertz CT molecular complexity index is 511. The highest BCUT2D eigenvalue weighted by molar-refractivity contribution is 5.46. The van der Waals surface area contributed by atoms with E-state index in [1.807, 2.05) is 19.9 Å². The van der Waals surface area contributed by atoms with Gasteiger partial charge < -0.3 is 10.5 Å². The Hall–Kier alpha value is -1.60. The van der Waals surface area contributed by atoms with E-state index >= 15 is 0 Å². The highest BCUT2D eigenvalue weighted by Crippen LogP contribution is 2.27. The van der Waals surface area contributed by atoms with Crippen molar-refractivity contribution >= 4 is 0 Å². The van der Waals surface area contributed by atoms with Crippen LogP contribution in [-0.2, 0) is 0 Å². The molecule has 0 aliphatic heterocycles. The summed E-state index contributed by atoms with van der Waals surface area (Å²) in [4.78, 5) is 4.30. The third-order valence-corrected chi connectivity index (χ3v) is 4.02. The van der Waals surface area contributed by atoms with Gasteiger partial charge in [0, 0.05) is 11.8 Å². The topological polar surface area (TPSA) is 71.9 Å². The van der Waals surface area contributed by atoms with Crippen molar-refractivity contribution in [3.63, 3.8) is 0 Å². The Kier molecular flexibility index (Phi) is 4.61. The standard InChI is InChI=1S/C16H23N3O/c1-12-9-15(14(10-17)13(2)19-12)20-11-16(18)7-5-3-4-6-8-16/h9H,3-8,11,18H2,1-2H3. The third-order valence-electron chi connectivity index (χ3n) is 4.02. The number of hydrogen-bond donors (Lipinski definition) is 1. The molecule has 1 fully saturated rings. The van der Waals surface area contributed by atoms with Crippen LogP contribution in [0.1, 0.15) is 55.5 Å². The number of aryl methyl sites for hydroxylation is 2. The van der Waals surface area contributed by atoms with Crippen molar-refractivity contribution in [2.75, 3.05) is 6.61 Å². The summed E-state index contributed by atoms with van der Waals surface area (Å²) in [6.45, 7) is 4.22. The van der Waals surface area contributed by atoms with Crippen LogP contribution in [0.4, 0.5) is 0 Å². The summed E-state index contributed by atoms with van der Waals surface area (Å²) >= 11 is 0. The van der Waals surface area contributed by atoms with Gasteiger partial charge in [0.05, 0.1) is 11.2 Å². The second kappa shape index (κ2) is 6.23. The number of nitrogens with zero attached hydrogens (tertiary/aromatic N) is 2. The van der Waals surface area contributed by atoms with E-state index in [0.29, 0.717) is 17.9 Å². The first kappa shape index (κ1) is 14.8. The van der Waals surface area contributed by atoms with Gasteiger partial charge in [-0.2, -0.15) is 5.26 Å². The molecular formula is C16H23N3O. The maximum Gasteiger partial charge on any atom is 0.140 e. The van der Waals surface area contributed by atoms with E-state index in [-0.39, 0.29) is 5.54 Å². The Labute approximate surface area is 121 Å². The minimum Gasteiger partial charge on any atom is -0.490 e. The van der Waals surface area contributed by atoms with Gasteiger partial charge in [-0.25, -0.2) is 0 Å². The van der Waals surface area contributed by atoms with Gasteiger partial charge in [0.15, 0.2) is 0 Å². The van der Waals surface area contributed by atoms with E-state index in [4.69, 9.17) is 10.5 Å². The first-order valence-corrected chi connectivity index (χ1v) is 7.34. The summed E-state index contributed by atoms with van der Waals surface area (Å²) < 4.78 is 5.90. The minimum atomic E-state index is -0.256. The molecular weight excluding hydrogens is 250 g/mol. The average Bonchev–Trinajstić information content (AvgIpc) is 2.61.